The van der Waals surface area contributed by atoms with Crippen LogP contribution in [0.25, 0.3) is 0 Å². The van der Waals surface area contributed by atoms with Gasteiger partial charge in [-0.05, 0) is 19.8 Å². The Morgan fingerprint density at radius 1 is 0.769 bits per heavy atom. The maximum atomic E-state index is 11.6. The van der Waals surface area contributed by atoms with E-state index in [1.165, 1.54) is 57.8 Å². The smallest absolute Gasteiger partial charge is 0.303 e. The number of carbonyl (C=O) groups excluding carboxylic acids is 3. The van der Waals surface area contributed by atoms with Crippen LogP contribution in [0.4, 0.5) is 0 Å². The largest absolute Gasteiger partial charge is 0.311 e. The average Bonchev–Trinajstić information content (AvgIpc) is 2.64. The molecule has 0 heterocycles. The molecule has 0 aromatic carbocycles. The SMILES string of the molecule is CCOS(=O)C(=O)C(=O)CCCCCCCCCCCCCCCC=O. The Bertz CT molecular complexity index is 409. The second kappa shape index (κ2) is 18.9. The molecule has 0 aromatic rings. The van der Waals surface area contributed by atoms with Crippen LogP contribution in [0.15, 0.2) is 0 Å². The molecule has 0 aromatic heterocycles. The number of hydrogen-bond donors (Lipinski definition) is 0. The summed E-state index contributed by atoms with van der Waals surface area (Å²) >= 11 is -2.12. The molecule has 0 saturated heterocycles. The van der Waals surface area contributed by atoms with E-state index in [-0.39, 0.29) is 13.0 Å². The van der Waals surface area contributed by atoms with Gasteiger partial charge in [0, 0.05) is 12.8 Å². The van der Waals surface area contributed by atoms with Gasteiger partial charge < -0.3 is 4.79 Å². The van der Waals surface area contributed by atoms with E-state index < -0.39 is 22.0 Å². The lowest BCUT2D eigenvalue weighted by atomic mass is 10.0. The van der Waals surface area contributed by atoms with E-state index in [1.54, 1.807) is 6.92 Å². The van der Waals surface area contributed by atoms with Crippen molar-refractivity contribution in [3.63, 3.8) is 0 Å². The van der Waals surface area contributed by atoms with Gasteiger partial charge in [-0.25, -0.2) is 4.21 Å². The van der Waals surface area contributed by atoms with Crippen molar-refractivity contribution in [2.45, 2.75) is 103 Å². The summed E-state index contributed by atoms with van der Waals surface area (Å²) in [7, 11) is 0. The quantitative estimate of drug-likeness (QED) is 0.180. The molecule has 26 heavy (non-hydrogen) atoms. The maximum absolute atomic E-state index is 11.6. The van der Waals surface area contributed by atoms with Gasteiger partial charge in [0.05, 0.1) is 6.61 Å². The zero-order chi connectivity index (χ0) is 19.5. The predicted octanol–water partition coefficient (Wildman–Crippen LogP) is 4.83. The molecule has 0 aliphatic heterocycles. The molecule has 0 spiro atoms. The summed E-state index contributed by atoms with van der Waals surface area (Å²) in [4.78, 5) is 33.2. The highest BCUT2D eigenvalue weighted by Gasteiger charge is 2.21. The van der Waals surface area contributed by atoms with Gasteiger partial charge in [0.15, 0.2) is 0 Å². The molecule has 0 rings (SSSR count). The molecular weight excluding hydrogens is 352 g/mol. The van der Waals surface area contributed by atoms with Crippen molar-refractivity contribution in [1.82, 2.24) is 0 Å². The minimum atomic E-state index is -2.12. The normalized spacial score (nSPS) is 12.0. The van der Waals surface area contributed by atoms with E-state index in [9.17, 15) is 18.6 Å². The summed E-state index contributed by atoms with van der Waals surface area (Å²) in [5.41, 5.74) is 0. The Morgan fingerprint density at radius 3 is 1.62 bits per heavy atom. The van der Waals surface area contributed by atoms with Crippen molar-refractivity contribution in [1.29, 1.82) is 0 Å². The number of carbonyl (C=O) groups is 3. The van der Waals surface area contributed by atoms with E-state index >= 15 is 0 Å². The second-order valence-electron chi connectivity index (χ2n) is 6.65. The first kappa shape index (κ1) is 25.1. The Hall–Kier alpha value is -0.880. The van der Waals surface area contributed by atoms with Crippen molar-refractivity contribution >= 4 is 28.3 Å². The Kier molecular flexibility index (Phi) is 18.3. The molecule has 5 nitrogen and oxygen atoms in total. The first-order valence-electron chi connectivity index (χ1n) is 10.2. The first-order valence-corrected chi connectivity index (χ1v) is 11.3. The molecule has 0 aliphatic rings. The van der Waals surface area contributed by atoms with Crippen LogP contribution in [0.2, 0.25) is 0 Å². The molecule has 1 atom stereocenters. The predicted molar refractivity (Wildman–Crippen MR) is 105 cm³/mol. The Balaban J connectivity index is 3.31. The van der Waals surface area contributed by atoms with Crippen molar-refractivity contribution < 1.29 is 22.8 Å². The number of rotatable bonds is 19. The highest BCUT2D eigenvalue weighted by atomic mass is 32.2. The van der Waals surface area contributed by atoms with Crippen LogP contribution in [0.5, 0.6) is 0 Å². The first-order chi connectivity index (χ1) is 12.6. The third kappa shape index (κ3) is 15.4. The lowest BCUT2D eigenvalue weighted by molar-refractivity contribution is -0.132. The zero-order valence-corrected chi connectivity index (χ0v) is 17.2. The molecule has 0 aliphatic carbocycles. The van der Waals surface area contributed by atoms with E-state index in [0.29, 0.717) is 12.8 Å². The van der Waals surface area contributed by atoms with Crippen LogP contribution < -0.4 is 0 Å². The minimum Gasteiger partial charge on any atom is -0.303 e. The lowest BCUT2D eigenvalue weighted by Gasteiger charge is -2.03. The van der Waals surface area contributed by atoms with Gasteiger partial charge in [-0.1, -0.05) is 70.6 Å². The number of aldehydes is 1. The van der Waals surface area contributed by atoms with Crippen LogP contribution in [-0.4, -0.2) is 28.0 Å². The monoisotopic (exact) mass is 388 g/mol. The molecule has 0 bridgehead atoms. The molecule has 152 valence electrons. The molecule has 0 amide bonds. The van der Waals surface area contributed by atoms with Gasteiger partial charge in [0.25, 0.3) is 0 Å². The maximum Gasteiger partial charge on any atom is 0.311 e. The number of unbranched alkanes of at least 4 members (excludes halogenated alkanes) is 13. The van der Waals surface area contributed by atoms with Gasteiger partial charge in [0.2, 0.25) is 16.9 Å². The van der Waals surface area contributed by atoms with Crippen LogP contribution in [0.3, 0.4) is 0 Å². The van der Waals surface area contributed by atoms with Gasteiger partial charge in [-0.15, -0.1) is 0 Å². The number of hydrogen-bond acceptors (Lipinski definition) is 5. The highest BCUT2D eigenvalue weighted by molar-refractivity contribution is 7.98. The third-order valence-corrected chi connectivity index (χ3v) is 5.31. The van der Waals surface area contributed by atoms with Crippen LogP contribution in [-0.2, 0) is 29.6 Å². The van der Waals surface area contributed by atoms with Gasteiger partial charge >= 0.3 is 5.12 Å². The summed E-state index contributed by atoms with van der Waals surface area (Å²) in [6.07, 6.45) is 16.8. The van der Waals surface area contributed by atoms with Crippen molar-refractivity contribution in [3.8, 4) is 0 Å². The highest BCUT2D eigenvalue weighted by Crippen LogP contribution is 2.13. The fraction of sp³-hybridized carbons (Fsp3) is 0.850. The molecule has 6 heteroatoms. The molecule has 1 unspecified atom stereocenters. The topological polar surface area (TPSA) is 77.5 Å². The van der Waals surface area contributed by atoms with Crippen molar-refractivity contribution in [2.75, 3.05) is 6.61 Å². The summed E-state index contributed by atoms with van der Waals surface area (Å²) in [5.74, 6) is -0.581. The fourth-order valence-corrected chi connectivity index (χ4v) is 3.42. The van der Waals surface area contributed by atoms with E-state index in [2.05, 4.69) is 4.18 Å². The second-order valence-corrected chi connectivity index (χ2v) is 7.73. The number of ketones is 1. The van der Waals surface area contributed by atoms with Gasteiger partial charge in [0.1, 0.15) is 6.29 Å². The Morgan fingerprint density at radius 2 is 1.19 bits per heavy atom. The summed E-state index contributed by atoms with van der Waals surface area (Å²) in [6.45, 7) is 1.79. The number of Topliss-reactive ketones (excluding diaryl/α,β-unsaturated/α-hetero) is 1. The van der Waals surface area contributed by atoms with E-state index in [4.69, 9.17) is 0 Å². The van der Waals surface area contributed by atoms with Crippen molar-refractivity contribution in [3.05, 3.63) is 0 Å². The molecule has 0 radical (unpaired) electrons. The van der Waals surface area contributed by atoms with Crippen molar-refractivity contribution in [2.24, 2.45) is 0 Å². The minimum absolute atomic E-state index is 0.160. The van der Waals surface area contributed by atoms with Gasteiger partial charge in [-0.3, -0.25) is 13.8 Å². The van der Waals surface area contributed by atoms with E-state index in [0.717, 1.165) is 25.5 Å². The third-order valence-electron chi connectivity index (χ3n) is 4.33. The fourth-order valence-electron chi connectivity index (χ4n) is 2.81. The van der Waals surface area contributed by atoms with Crippen LogP contribution >= 0.6 is 0 Å². The Labute approximate surface area is 161 Å². The summed E-state index contributed by atoms with van der Waals surface area (Å²) in [5, 5.41) is -0.907. The molecule has 0 saturated carbocycles. The van der Waals surface area contributed by atoms with Gasteiger partial charge in [-0.2, -0.15) is 0 Å². The summed E-state index contributed by atoms with van der Waals surface area (Å²) < 4.78 is 15.9. The lowest BCUT2D eigenvalue weighted by Crippen LogP contribution is -2.20. The van der Waals surface area contributed by atoms with E-state index in [1.807, 2.05) is 0 Å². The molecule has 0 N–H and O–H groups in total. The molecular formula is C20H36O5S. The average molecular weight is 389 g/mol. The molecule has 0 fully saturated rings. The standard InChI is InChI=1S/C20H36O5S/c1-2-25-26(24)20(23)19(22)17-15-13-11-9-7-5-3-4-6-8-10-12-14-16-18-21/h18H,2-17H2,1H3. The zero-order valence-electron chi connectivity index (χ0n) is 16.3. The summed E-state index contributed by atoms with van der Waals surface area (Å²) in [6, 6.07) is 0. The van der Waals surface area contributed by atoms with Crippen LogP contribution in [0, 0.1) is 0 Å². The van der Waals surface area contributed by atoms with Crippen LogP contribution in [0.1, 0.15) is 103 Å².